The van der Waals surface area contributed by atoms with Crippen molar-refractivity contribution in [3.63, 3.8) is 0 Å². The van der Waals surface area contributed by atoms with E-state index in [-0.39, 0.29) is 23.7 Å². The summed E-state index contributed by atoms with van der Waals surface area (Å²) in [5.74, 6) is -0.470. The Labute approximate surface area is 98.4 Å². The lowest BCUT2D eigenvalue weighted by Gasteiger charge is -2.37. The standard InChI is InChI=1S/C12H24N2O2/c1-8(2)10(15)13-14(12(5,6)7)11(16)9(3)4/h8-9H,1-7H3,(H,13,15). The highest BCUT2D eigenvalue weighted by Gasteiger charge is 2.30. The van der Waals surface area contributed by atoms with Crippen molar-refractivity contribution in [2.24, 2.45) is 11.8 Å². The topological polar surface area (TPSA) is 49.4 Å². The third-order valence-corrected chi connectivity index (χ3v) is 2.13. The van der Waals surface area contributed by atoms with Gasteiger partial charge in [0.15, 0.2) is 0 Å². The van der Waals surface area contributed by atoms with Crippen molar-refractivity contribution in [3.8, 4) is 0 Å². The van der Waals surface area contributed by atoms with Crippen LogP contribution in [0, 0.1) is 11.8 Å². The first-order chi connectivity index (χ1) is 7.07. The Kier molecular flexibility index (Phi) is 4.97. The SMILES string of the molecule is CC(C)C(=O)NN(C(=O)C(C)C)C(C)(C)C. The molecule has 0 saturated heterocycles. The maximum absolute atomic E-state index is 12.0. The molecule has 0 bridgehead atoms. The van der Waals surface area contributed by atoms with Crippen LogP contribution in [0.3, 0.4) is 0 Å². The smallest absolute Gasteiger partial charge is 0.244 e. The van der Waals surface area contributed by atoms with E-state index in [4.69, 9.17) is 0 Å². The van der Waals surface area contributed by atoms with Gasteiger partial charge in [0.2, 0.25) is 11.8 Å². The molecule has 4 nitrogen and oxygen atoms in total. The number of carbonyl (C=O) groups excluding carboxylic acids is 2. The molecule has 2 amide bonds. The van der Waals surface area contributed by atoms with Crippen LogP contribution in [0.25, 0.3) is 0 Å². The summed E-state index contributed by atoms with van der Waals surface area (Å²) >= 11 is 0. The summed E-state index contributed by atoms with van der Waals surface area (Å²) in [5, 5.41) is 1.43. The quantitative estimate of drug-likeness (QED) is 0.734. The number of hydrogen-bond acceptors (Lipinski definition) is 2. The molecule has 1 N–H and O–H groups in total. The van der Waals surface area contributed by atoms with Crippen LogP contribution in [0.5, 0.6) is 0 Å². The molecule has 0 aliphatic heterocycles. The molecule has 0 fully saturated rings. The van der Waals surface area contributed by atoms with E-state index in [2.05, 4.69) is 5.43 Å². The normalized spacial score (nSPS) is 11.8. The second-order valence-corrected chi connectivity index (χ2v) is 5.63. The Balaban J connectivity index is 4.85. The second-order valence-electron chi connectivity index (χ2n) is 5.63. The lowest BCUT2D eigenvalue weighted by atomic mass is 10.1. The van der Waals surface area contributed by atoms with E-state index < -0.39 is 5.54 Å². The van der Waals surface area contributed by atoms with Gasteiger partial charge < -0.3 is 0 Å². The predicted octanol–water partition coefficient (Wildman–Crippen LogP) is 1.96. The monoisotopic (exact) mass is 228 g/mol. The maximum atomic E-state index is 12.0. The summed E-state index contributed by atoms with van der Waals surface area (Å²) in [7, 11) is 0. The summed E-state index contributed by atoms with van der Waals surface area (Å²) in [6.07, 6.45) is 0. The van der Waals surface area contributed by atoms with Gasteiger partial charge in [-0.15, -0.1) is 0 Å². The van der Waals surface area contributed by atoms with Gasteiger partial charge in [0.1, 0.15) is 0 Å². The number of rotatable bonds is 2. The Bertz CT molecular complexity index is 265. The number of amides is 2. The minimum absolute atomic E-state index is 0.0681. The van der Waals surface area contributed by atoms with Gasteiger partial charge in [-0.25, -0.2) is 5.01 Å². The van der Waals surface area contributed by atoms with Crippen LogP contribution in [0.1, 0.15) is 48.5 Å². The minimum Gasteiger partial charge on any atom is -0.273 e. The van der Waals surface area contributed by atoms with Gasteiger partial charge in [0, 0.05) is 11.8 Å². The largest absolute Gasteiger partial charge is 0.273 e. The molecule has 94 valence electrons. The molecule has 4 heteroatoms. The van der Waals surface area contributed by atoms with Crippen molar-refractivity contribution >= 4 is 11.8 Å². The summed E-state index contributed by atoms with van der Waals surface area (Å²) in [6.45, 7) is 12.9. The molecule has 0 spiro atoms. The zero-order chi connectivity index (χ0) is 13.1. The molecule has 0 heterocycles. The van der Waals surface area contributed by atoms with Crippen LogP contribution in [-0.2, 0) is 9.59 Å². The highest BCUT2D eigenvalue weighted by atomic mass is 16.2. The Morgan fingerprint density at radius 3 is 1.69 bits per heavy atom. The average Bonchev–Trinajstić information content (AvgIpc) is 2.10. The Hall–Kier alpha value is -1.06. The molecule has 0 aliphatic carbocycles. The van der Waals surface area contributed by atoms with Crippen molar-refractivity contribution in [1.29, 1.82) is 0 Å². The summed E-state index contributed by atoms with van der Waals surface area (Å²) < 4.78 is 0. The number of hydrogen-bond donors (Lipinski definition) is 1. The molecular formula is C12H24N2O2. The zero-order valence-corrected chi connectivity index (χ0v) is 11.4. The third kappa shape index (κ3) is 4.21. The van der Waals surface area contributed by atoms with Crippen LogP contribution in [0.15, 0.2) is 0 Å². The molecule has 0 atom stereocenters. The van der Waals surface area contributed by atoms with Crippen LogP contribution >= 0.6 is 0 Å². The second kappa shape index (κ2) is 5.32. The molecule has 0 unspecified atom stereocenters. The van der Waals surface area contributed by atoms with Crippen molar-refractivity contribution in [2.75, 3.05) is 0 Å². The molecule has 0 saturated carbocycles. The first kappa shape index (κ1) is 14.9. The van der Waals surface area contributed by atoms with Crippen LogP contribution in [0.2, 0.25) is 0 Å². The fourth-order valence-corrected chi connectivity index (χ4v) is 1.05. The number of carbonyl (C=O) groups is 2. The predicted molar refractivity (Wildman–Crippen MR) is 64.4 cm³/mol. The fraction of sp³-hybridized carbons (Fsp3) is 0.833. The Morgan fingerprint density at radius 1 is 1.00 bits per heavy atom. The van der Waals surface area contributed by atoms with E-state index in [9.17, 15) is 9.59 Å². The molecular weight excluding hydrogens is 204 g/mol. The van der Waals surface area contributed by atoms with E-state index >= 15 is 0 Å². The van der Waals surface area contributed by atoms with Gasteiger partial charge >= 0.3 is 0 Å². The molecule has 0 aromatic heterocycles. The summed E-state index contributed by atoms with van der Waals surface area (Å²) in [5.41, 5.74) is 2.27. The Morgan fingerprint density at radius 2 is 1.44 bits per heavy atom. The summed E-state index contributed by atoms with van der Waals surface area (Å²) in [6, 6.07) is 0. The van der Waals surface area contributed by atoms with Gasteiger partial charge in [0.05, 0.1) is 5.54 Å². The number of nitrogens with zero attached hydrogens (tertiary/aromatic N) is 1. The number of hydrazine groups is 1. The molecule has 0 radical (unpaired) electrons. The van der Waals surface area contributed by atoms with Gasteiger partial charge in [-0.05, 0) is 20.8 Å². The van der Waals surface area contributed by atoms with Crippen molar-refractivity contribution in [3.05, 3.63) is 0 Å². The molecule has 0 rings (SSSR count). The van der Waals surface area contributed by atoms with E-state index in [1.807, 2.05) is 34.6 Å². The number of nitrogens with one attached hydrogen (secondary N) is 1. The van der Waals surface area contributed by atoms with E-state index in [1.165, 1.54) is 5.01 Å². The highest BCUT2D eigenvalue weighted by Crippen LogP contribution is 2.14. The third-order valence-electron chi connectivity index (χ3n) is 2.13. The van der Waals surface area contributed by atoms with E-state index in [0.29, 0.717) is 0 Å². The van der Waals surface area contributed by atoms with Crippen LogP contribution in [-0.4, -0.2) is 22.4 Å². The average molecular weight is 228 g/mol. The first-order valence-electron chi connectivity index (χ1n) is 5.72. The summed E-state index contributed by atoms with van der Waals surface area (Å²) in [4.78, 5) is 23.6. The van der Waals surface area contributed by atoms with Crippen molar-refractivity contribution in [2.45, 2.75) is 54.0 Å². The van der Waals surface area contributed by atoms with Crippen molar-refractivity contribution in [1.82, 2.24) is 10.4 Å². The zero-order valence-electron chi connectivity index (χ0n) is 11.4. The van der Waals surface area contributed by atoms with E-state index in [0.717, 1.165) is 0 Å². The van der Waals surface area contributed by atoms with Crippen LogP contribution < -0.4 is 5.43 Å². The fourth-order valence-electron chi connectivity index (χ4n) is 1.05. The highest BCUT2D eigenvalue weighted by molar-refractivity contribution is 5.84. The van der Waals surface area contributed by atoms with E-state index in [1.54, 1.807) is 13.8 Å². The first-order valence-corrected chi connectivity index (χ1v) is 5.72. The van der Waals surface area contributed by atoms with Gasteiger partial charge in [-0.3, -0.25) is 15.0 Å². The van der Waals surface area contributed by atoms with Crippen LogP contribution in [0.4, 0.5) is 0 Å². The van der Waals surface area contributed by atoms with Crippen molar-refractivity contribution < 1.29 is 9.59 Å². The lowest BCUT2D eigenvalue weighted by molar-refractivity contribution is -0.151. The molecule has 0 aliphatic rings. The lowest BCUT2D eigenvalue weighted by Crippen LogP contribution is -2.57. The van der Waals surface area contributed by atoms with Gasteiger partial charge in [-0.1, -0.05) is 27.7 Å². The molecule has 16 heavy (non-hydrogen) atoms. The van der Waals surface area contributed by atoms with Gasteiger partial charge in [-0.2, -0.15) is 0 Å². The molecule has 0 aromatic carbocycles. The molecule has 0 aromatic rings. The minimum atomic E-state index is -0.411. The van der Waals surface area contributed by atoms with Gasteiger partial charge in [0.25, 0.3) is 0 Å². The maximum Gasteiger partial charge on any atom is 0.244 e.